The van der Waals surface area contributed by atoms with Crippen LogP contribution in [0.5, 0.6) is 0 Å². The number of rotatable bonds is 4. The maximum absolute atomic E-state index is 2.47. The third-order valence-electron chi connectivity index (χ3n) is 12.2. The molecule has 0 N–H and O–H groups in total. The first kappa shape index (κ1) is 31.7. The highest BCUT2D eigenvalue weighted by atomic mass is 14.4. The van der Waals surface area contributed by atoms with E-state index in [9.17, 15) is 0 Å². The van der Waals surface area contributed by atoms with Crippen molar-refractivity contribution in [3.8, 4) is 55.6 Å². The van der Waals surface area contributed by atoms with E-state index in [2.05, 4.69) is 208 Å². The summed E-state index contributed by atoms with van der Waals surface area (Å²) in [6.45, 7) is 4.80. The van der Waals surface area contributed by atoms with Crippen molar-refractivity contribution in [2.24, 2.45) is 0 Å². The molecule has 0 bridgehead atoms. The average molecular weight is 699 g/mol. The van der Waals surface area contributed by atoms with Gasteiger partial charge in [0.05, 0.1) is 0 Å². The molecule has 0 heterocycles. The number of benzene rings is 10. The van der Waals surface area contributed by atoms with Gasteiger partial charge in [-0.2, -0.15) is 0 Å². The minimum Gasteiger partial charge on any atom is -0.0622 e. The Hall–Kier alpha value is -6.76. The van der Waals surface area contributed by atoms with E-state index in [-0.39, 0.29) is 5.41 Å². The minimum absolute atomic E-state index is 0.139. The molecule has 258 valence electrons. The number of hydrogen-bond acceptors (Lipinski definition) is 0. The van der Waals surface area contributed by atoms with Crippen molar-refractivity contribution in [1.29, 1.82) is 0 Å². The smallest absolute Gasteiger partial charge is 0.0165 e. The van der Waals surface area contributed by atoms with Gasteiger partial charge in [0.2, 0.25) is 0 Å². The SMILES string of the molecule is CC1(C)c2cc(-c3cc(-c4ccccc4)cc(-c4c5ccccc5c(-c5ccccc5)c5ccc6ccccc6c45)c3)ccc2-c2ccc3ccccc3c21. The molecule has 55 heavy (non-hydrogen) atoms. The standard InChI is InChI=1S/C55H38/c1-55(2)50-34-39(27-28-45(50)48-29-25-37-18-10-12-22-44(37)54(48)55)41-31-40(35-15-5-3-6-16-35)32-42(33-41)52-47-24-14-13-23-46(47)51(38-19-7-4-8-20-38)49-30-26-36-17-9-11-21-43(36)53(49)52/h3-34H,1-2H3. The Morgan fingerprint density at radius 3 is 1.56 bits per heavy atom. The maximum Gasteiger partial charge on any atom is 0.0165 e. The summed E-state index contributed by atoms with van der Waals surface area (Å²) in [5.41, 5.74) is 15.3. The predicted octanol–water partition coefficient (Wildman–Crippen LogP) is 15.3. The van der Waals surface area contributed by atoms with Crippen molar-refractivity contribution in [3.63, 3.8) is 0 Å². The molecule has 0 aromatic heterocycles. The van der Waals surface area contributed by atoms with Crippen LogP contribution in [-0.2, 0) is 5.41 Å². The first-order valence-electron chi connectivity index (χ1n) is 19.3. The van der Waals surface area contributed by atoms with Crippen molar-refractivity contribution >= 4 is 43.1 Å². The fraction of sp³-hybridized carbons (Fsp3) is 0.0545. The summed E-state index contributed by atoms with van der Waals surface area (Å²) in [7, 11) is 0. The lowest BCUT2D eigenvalue weighted by molar-refractivity contribution is 0.666. The lowest BCUT2D eigenvalue weighted by atomic mass is 9.79. The molecule has 0 fully saturated rings. The highest BCUT2D eigenvalue weighted by Gasteiger charge is 2.37. The van der Waals surface area contributed by atoms with Crippen LogP contribution >= 0.6 is 0 Å². The number of fused-ring (bicyclic) bond motifs is 9. The molecule has 1 aliphatic carbocycles. The van der Waals surface area contributed by atoms with Crippen LogP contribution in [0.1, 0.15) is 25.0 Å². The van der Waals surface area contributed by atoms with Crippen molar-refractivity contribution in [1.82, 2.24) is 0 Å². The lowest BCUT2D eigenvalue weighted by Crippen LogP contribution is -2.15. The Bertz CT molecular complexity index is 3150. The second-order valence-corrected chi connectivity index (χ2v) is 15.6. The van der Waals surface area contributed by atoms with E-state index in [0.717, 1.165) is 0 Å². The second-order valence-electron chi connectivity index (χ2n) is 15.6. The normalized spacial score (nSPS) is 13.1. The molecule has 0 atom stereocenters. The summed E-state index contributed by atoms with van der Waals surface area (Å²) in [5, 5.41) is 10.3. The van der Waals surface area contributed by atoms with Gasteiger partial charge in [0.15, 0.2) is 0 Å². The van der Waals surface area contributed by atoms with E-state index < -0.39 is 0 Å². The van der Waals surface area contributed by atoms with Crippen LogP contribution in [0.25, 0.3) is 98.7 Å². The van der Waals surface area contributed by atoms with Crippen molar-refractivity contribution in [2.45, 2.75) is 19.3 Å². The number of hydrogen-bond donors (Lipinski definition) is 0. The first-order valence-corrected chi connectivity index (χ1v) is 19.3. The van der Waals surface area contributed by atoms with Crippen molar-refractivity contribution in [2.75, 3.05) is 0 Å². The van der Waals surface area contributed by atoms with Gasteiger partial charge in [-0.15, -0.1) is 0 Å². The van der Waals surface area contributed by atoms with E-state index in [1.165, 1.54) is 110 Å². The molecular formula is C55H38. The van der Waals surface area contributed by atoms with Crippen LogP contribution < -0.4 is 0 Å². The van der Waals surface area contributed by atoms with Gasteiger partial charge < -0.3 is 0 Å². The molecule has 10 aromatic carbocycles. The predicted molar refractivity (Wildman–Crippen MR) is 236 cm³/mol. The Balaban J connectivity index is 1.21. The summed E-state index contributed by atoms with van der Waals surface area (Å²) in [4.78, 5) is 0. The van der Waals surface area contributed by atoms with E-state index in [0.29, 0.717) is 0 Å². The van der Waals surface area contributed by atoms with Gasteiger partial charge in [-0.25, -0.2) is 0 Å². The highest BCUT2D eigenvalue weighted by Crippen LogP contribution is 2.53. The molecule has 0 aliphatic heterocycles. The maximum atomic E-state index is 2.47. The van der Waals surface area contributed by atoms with Crippen molar-refractivity contribution in [3.05, 3.63) is 205 Å². The Kier molecular flexibility index (Phi) is 7.00. The molecule has 0 unspecified atom stereocenters. The zero-order valence-corrected chi connectivity index (χ0v) is 31.0. The van der Waals surface area contributed by atoms with Crippen LogP contribution in [-0.4, -0.2) is 0 Å². The first-order chi connectivity index (χ1) is 27.0. The fourth-order valence-corrected chi connectivity index (χ4v) is 9.68. The van der Waals surface area contributed by atoms with Gasteiger partial charge in [-0.1, -0.05) is 184 Å². The zero-order valence-electron chi connectivity index (χ0n) is 31.0. The molecule has 0 radical (unpaired) electrons. The van der Waals surface area contributed by atoms with Gasteiger partial charge in [0, 0.05) is 5.41 Å². The second kappa shape index (κ2) is 12.1. The van der Waals surface area contributed by atoms with Crippen molar-refractivity contribution < 1.29 is 0 Å². The molecule has 0 spiro atoms. The lowest BCUT2D eigenvalue weighted by Gasteiger charge is -2.24. The van der Waals surface area contributed by atoms with Crippen LogP contribution in [0.2, 0.25) is 0 Å². The molecule has 0 saturated carbocycles. The third-order valence-corrected chi connectivity index (χ3v) is 12.2. The van der Waals surface area contributed by atoms with Gasteiger partial charge in [0.1, 0.15) is 0 Å². The average Bonchev–Trinajstić information content (AvgIpc) is 3.48. The third kappa shape index (κ3) is 4.85. The summed E-state index contributed by atoms with van der Waals surface area (Å²) in [6.07, 6.45) is 0. The molecule has 0 saturated heterocycles. The fourth-order valence-electron chi connectivity index (χ4n) is 9.68. The molecule has 0 nitrogen and oxygen atoms in total. The summed E-state index contributed by atoms with van der Waals surface area (Å²) >= 11 is 0. The van der Waals surface area contributed by atoms with Crippen LogP contribution in [0.3, 0.4) is 0 Å². The minimum atomic E-state index is -0.139. The van der Waals surface area contributed by atoms with Crippen LogP contribution in [0.4, 0.5) is 0 Å². The van der Waals surface area contributed by atoms with E-state index >= 15 is 0 Å². The molecule has 10 aromatic rings. The van der Waals surface area contributed by atoms with E-state index in [4.69, 9.17) is 0 Å². The summed E-state index contributed by atoms with van der Waals surface area (Å²) in [5.74, 6) is 0. The quantitative estimate of drug-likeness (QED) is 0.127. The van der Waals surface area contributed by atoms with Gasteiger partial charge in [0.25, 0.3) is 0 Å². The van der Waals surface area contributed by atoms with Gasteiger partial charge in [-0.05, 0) is 134 Å². The molecule has 0 heteroatoms. The summed E-state index contributed by atoms with van der Waals surface area (Å²) < 4.78 is 0. The highest BCUT2D eigenvalue weighted by molar-refractivity contribution is 6.28. The topological polar surface area (TPSA) is 0 Å². The molecule has 0 amide bonds. The van der Waals surface area contributed by atoms with Crippen LogP contribution in [0.15, 0.2) is 194 Å². The van der Waals surface area contributed by atoms with Crippen LogP contribution in [0, 0.1) is 0 Å². The van der Waals surface area contributed by atoms with Gasteiger partial charge in [-0.3, -0.25) is 0 Å². The van der Waals surface area contributed by atoms with Gasteiger partial charge >= 0.3 is 0 Å². The zero-order chi connectivity index (χ0) is 36.7. The summed E-state index contributed by atoms with van der Waals surface area (Å²) in [6, 6.07) is 72.2. The monoisotopic (exact) mass is 698 g/mol. The largest absolute Gasteiger partial charge is 0.0622 e. The molecule has 1 aliphatic rings. The molecular weight excluding hydrogens is 661 g/mol. The van der Waals surface area contributed by atoms with E-state index in [1.807, 2.05) is 0 Å². The Labute approximate surface area is 322 Å². The van der Waals surface area contributed by atoms with E-state index in [1.54, 1.807) is 0 Å². The Morgan fingerprint density at radius 1 is 0.309 bits per heavy atom. The molecule has 11 rings (SSSR count). The Morgan fingerprint density at radius 2 is 0.836 bits per heavy atom.